The smallest absolute Gasteiger partial charge is 0.192 e. The van der Waals surface area contributed by atoms with E-state index in [0.29, 0.717) is 5.82 Å². The summed E-state index contributed by atoms with van der Waals surface area (Å²) in [7, 11) is 0. The van der Waals surface area contributed by atoms with Crippen LogP contribution in [0, 0.1) is 0 Å². The van der Waals surface area contributed by atoms with Gasteiger partial charge in [-0.15, -0.1) is 0 Å². The van der Waals surface area contributed by atoms with Crippen molar-refractivity contribution in [1.29, 1.82) is 0 Å². The molecule has 1 aromatic heterocycles. The van der Waals surface area contributed by atoms with Crippen molar-refractivity contribution in [3.05, 3.63) is 11.8 Å². The summed E-state index contributed by atoms with van der Waals surface area (Å²) in [6.45, 7) is 6.07. The highest BCUT2D eigenvalue weighted by Crippen LogP contribution is 2.17. The maximum Gasteiger partial charge on any atom is 0.192 e. The topological polar surface area (TPSA) is 85.5 Å². The molecule has 82 valence electrons. The van der Waals surface area contributed by atoms with Crippen LogP contribution in [0.5, 0.6) is 0 Å². The van der Waals surface area contributed by atoms with E-state index in [1.54, 1.807) is 0 Å². The third kappa shape index (κ3) is 2.10. The Bertz CT molecular complexity index is 376. The second kappa shape index (κ2) is 3.90. The van der Waals surface area contributed by atoms with Gasteiger partial charge in [-0.1, -0.05) is 6.92 Å². The summed E-state index contributed by atoms with van der Waals surface area (Å²) in [6.07, 6.45) is 0. The fourth-order valence-corrected chi connectivity index (χ4v) is 1.76. The van der Waals surface area contributed by atoms with E-state index in [9.17, 15) is 0 Å². The number of hydrogen-bond acceptors (Lipinski definition) is 3. The summed E-state index contributed by atoms with van der Waals surface area (Å²) in [6, 6.07) is 1.93. The van der Waals surface area contributed by atoms with Crippen LogP contribution in [0.1, 0.15) is 12.6 Å². The molecule has 0 saturated carbocycles. The molecule has 1 aliphatic heterocycles. The molecule has 0 unspecified atom stereocenters. The number of rotatable bonds is 2. The van der Waals surface area contributed by atoms with Crippen LogP contribution >= 0.6 is 0 Å². The number of aliphatic imine (C=N–C) groups is 1. The molecule has 1 aromatic rings. The fourth-order valence-electron chi connectivity index (χ4n) is 1.76. The quantitative estimate of drug-likeness (QED) is 0.512. The van der Waals surface area contributed by atoms with Gasteiger partial charge >= 0.3 is 0 Å². The highest BCUT2D eigenvalue weighted by atomic mass is 15.4. The lowest BCUT2D eigenvalue weighted by Crippen LogP contribution is -2.33. The van der Waals surface area contributed by atoms with Gasteiger partial charge in [-0.05, 0) is 6.54 Å². The number of hydrogen-bond donors (Lipinski definition) is 2. The molecule has 0 amide bonds. The van der Waals surface area contributed by atoms with E-state index in [4.69, 9.17) is 11.5 Å². The molecule has 0 saturated heterocycles. The monoisotopic (exact) mass is 208 g/mol. The predicted molar refractivity (Wildman–Crippen MR) is 58.6 cm³/mol. The average Bonchev–Trinajstić information content (AvgIpc) is 2.57. The van der Waals surface area contributed by atoms with Crippen LogP contribution in [0.4, 0.5) is 5.82 Å². The molecule has 1 aliphatic rings. The number of nitrogens with two attached hydrogens (primary N) is 2. The first-order valence-corrected chi connectivity index (χ1v) is 5.07. The van der Waals surface area contributed by atoms with Gasteiger partial charge in [-0.3, -0.25) is 9.58 Å². The van der Waals surface area contributed by atoms with Crippen LogP contribution in [-0.2, 0) is 13.1 Å². The maximum atomic E-state index is 5.30. The number of guanidine groups is 1. The van der Waals surface area contributed by atoms with Gasteiger partial charge in [0.1, 0.15) is 0 Å². The van der Waals surface area contributed by atoms with Crippen LogP contribution in [-0.4, -0.2) is 33.7 Å². The van der Waals surface area contributed by atoms with E-state index in [0.717, 1.165) is 26.2 Å². The van der Waals surface area contributed by atoms with Crippen LogP contribution in [0.15, 0.2) is 11.1 Å². The Balaban J connectivity index is 2.21. The normalized spacial score (nSPS) is 16.1. The van der Waals surface area contributed by atoms with E-state index < -0.39 is 0 Å². The van der Waals surface area contributed by atoms with E-state index in [1.165, 1.54) is 5.69 Å². The van der Waals surface area contributed by atoms with E-state index >= 15 is 0 Å². The first-order chi connectivity index (χ1) is 7.19. The van der Waals surface area contributed by atoms with E-state index in [2.05, 4.69) is 21.9 Å². The molecule has 0 radical (unpaired) electrons. The third-order valence-electron chi connectivity index (χ3n) is 2.55. The molecule has 0 fully saturated rings. The second-order valence-electron chi connectivity index (χ2n) is 3.62. The Morgan fingerprint density at radius 3 is 3.00 bits per heavy atom. The molecule has 0 bridgehead atoms. The first kappa shape index (κ1) is 9.97. The number of aromatic nitrogens is 2. The zero-order chi connectivity index (χ0) is 10.8. The van der Waals surface area contributed by atoms with Gasteiger partial charge in [0.2, 0.25) is 0 Å². The highest BCUT2D eigenvalue weighted by Gasteiger charge is 2.16. The Labute approximate surface area is 88.6 Å². The molecule has 2 heterocycles. The van der Waals surface area contributed by atoms with Gasteiger partial charge in [0.15, 0.2) is 11.8 Å². The van der Waals surface area contributed by atoms with Crippen molar-refractivity contribution in [3.8, 4) is 0 Å². The van der Waals surface area contributed by atoms with Crippen molar-refractivity contribution in [3.63, 3.8) is 0 Å². The summed E-state index contributed by atoms with van der Waals surface area (Å²) < 4.78 is 1.97. The van der Waals surface area contributed by atoms with Crippen molar-refractivity contribution in [2.75, 3.05) is 13.1 Å². The Hall–Kier alpha value is -1.56. The minimum absolute atomic E-state index is 0.0535. The minimum atomic E-state index is 0.0535. The lowest BCUT2D eigenvalue weighted by atomic mass is 10.3. The number of likely N-dealkylation sites (N-methyl/N-ethyl adjacent to an activating group) is 1. The first-order valence-electron chi connectivity index (χ1n) is 5.07. The summed E-state index contributed by atoms with van der Waals surface area (Å²) in [5.74, 6) is 0.653. The third-order valence-corrected chi connectivity index (χ3v) is 2.55. The molecular formula is C9H16N6. The molecule has 2 rings (SSSR count). The van der Waals surface area contributed by atoms with Crippen LogP contribution < -0.4 is 11.5 Å². The molecule has 0 aromatic carbocycles. The zero-order valence-corrected chi connectivity index (χ0v) is 8.85. The van der Waals surface area contributed by atoms with Gasteiger partial charge < -0.3 is 11.5 Å². The van der Waals surface area contributed by atoms with Crippen LogP contribution in [0.3, 0.4) is 0 Å². The molecule has 0 atom stereocenters. The van der Waals surface area contributed by atoms with E-state index in [-0.39, 0.29) is 5.96 Å². The van der Waals surface area contributed by atoms with Crippen molar-refractivity contribution in [1.82, 2.24) is 14.7 Å². The highest BCUT2D eigenvalue weighted by molar-refractivity contribution is 5.78. The van der Waals surface area contributed by atoms with Crippen LogP contribution in [0.2, 0.25) is 0 Å². The maximum absolute atomic E-state index is 5.30. The fraction of sp³-hybridized carbons (Fsp3) is 0.556. The molecule has 0 spiro atoms. The zero-order valence-electron chi connectivity index (χ0n) is 8.85. The lowest BCUT2D eigenvalue weighted by Gasteiger charge is -2.25. The molecule has 6 heteroatoms. The Kier molecular flexibility index (Phi) is 2.59. The largest absolute Gasteiger partial charge is 0.370 e. The lowest BCUT2D eigenvalue weighted by molar-refractivity contribution is 0.224. The Morgan fingerprint density at radius 2 is 2.33 bits per heavy atom. The van der Waals surface area contributed by atoms with Crippen molar-refractivity contribution < 1.29 is 0 Å². The predicted octanol–water partition coefficient (Wildman–Crippen LogP) is -0.376. The van der Waals surface area contributed by atoms with Gasteiger partial charge in [-0.25, -0.2) is 0 Å². The summed E-state index contributed by atoms with van der Waals surface area (Å²) in [5, 5.41) is 4.30. The Morgan fingerprint density at radius 1 is 1.53 bits per heavy atom. The summed E-state index contributed by atoms with van der Waals surface area (Å²) in [5.41, 5.74) is 11.8. The second-order valence-corrected chi connectivity index (χ2v) is 3.62. The molecule has 15 heavy (non-hydrogen) atoms. The van der Waals surface area contributed by atoms with Gasteiger partial charge in [0.05, 0.1) is 12.2 Å². The molecule has 6 nitrogen and oxygen atoms in total. The molecular weight excluding hydrogens is 192 g/mol. The van der Waals surface area contributed by atoms with Crippen molar-refractivity contribution in [2.24, 2.45) is 16.5 Å². The van der Waals surface area contributed by atoms with Crippen LogP contribution in [0.25, 0.3) is 0 Å². The molecule has 4 N–H and O–H groups in total. The van der Waals surface area contributed by atoms with Gasteiger partial charge in [0, 0.05) is 19.2 Å². The minimum Gasteiger partial charge on any atom is -0.370 e. The summed E-state index contributed by atoms with van der Waals surface area (Å²) >= 11 is 0. The molecule has 0 aliphatic carbocycles. The number of fused-ring (bicyclic) bond motifs is 1. The average molecular weight is 208 g/mol. The van der Waals surface area contributed by atoms with Crippen molar-refractivity contribution in [2.45, 2.75) is 20.0 Å². The standard InChI is InChI=1S/C9H16N6/c1-2-14-3-4-15-7(6-14)5-8(13-15)12-9(10)11/h5H,2-4,6H2,1H3,(H4,10,11,12,13). The van der Waals surface area contributed by atoms with Gasteiger partial charge in [0.25, 0.3) is 0 Å². The SMILES string of the molecule is CCN1CCn2nc(N=C(N)N)cc2C1. The van der Waals surface area contributed by atoms with Crippen molar-refractivity contribution >= 4 is 11.8 Å². The summed E-state index contributed by atoms with van der Waals surface area (Å²) in [4.78, 5) is 6.29. The number of nitrogens with zero attached hydrogens (tertiary/aromatic N) is 4. The van der Waals surface area contributed by atoms with E-state index in [1.807, 2.05) is 10.7 Å². The van der Waals surface area contributed by atoms with Gasteiger partial charge in [-0.2, -0.15) is 10.1 Å².